The number of nitrogens with zero attached hydrogens (tertiary/aromatic N) is 5. The second kappa shape index (κ2) is 10.5. The largest absolute Gasteiger partial charge is 0.353 e. The third-order valence-electron chi connectivity index (χ3n) is 6.71. The van der Waals surface area contributed by atoms with E-state index in [0.29, 0.717) is 32.8 Å². The maximum atomic E-state index is 13.7. The average Bonchev–Trinajstić information content (AvgIpc) is 3.14. The van der Waals surface area contributed by atoms with Gasteiger partial charge >= 0.3 is 0 Å². The first-order chi connectivity index (χ1) is 17.4. The van der Waals surface area contributed by atoms with E-state index in [2.05, 4.69) is 29.0 Å². The van der Waals surface area contributed by atoms with Gasteiger partial charge in [-0.1, -0.05) is 60.4 Å². The molecule has 0 N–H and O–H groups in total. The normalized spacial score (nSPS) is 18.1. The predicted molar refractivity (Wildman–Crippen MR) is 151 cm³/mol. The summed E-state index contributed by atoms with van der Waals surface area (Å²) < 4.78 is 2.10. The predicted octanol–water partition coefficient (Wildman–Crippen LogP) is 3.59. The van der Waals surface area contributed by atoms with Crippen molar-refractivity contribution in [2.45, 2.75) is 19.8 Å². The van der Waals surface area contributed by atoms with Crippen LogP contribution in [-0.4, -0.2) is 69.2 Å². The molecule has 0 aliphatic carbocycles. The Kier molecular flexibility index (Phi) is 7.22. The zero-order valence-corrected chi connectivity index (χ0v) is 22.1. The molecule has 3 aromatic rings. The molecule has 36 heavy (non-hydrogen) atoms. The lowest BCUT2D eigenvalue weighted by atomic mass is 10.1. The molecule has 186 valence electrons. The lowest BCUT2D eigenvalue weighted by Crippen LogP contribution is -2.45. The van der Waals surface area contributed by atoms with Gasteiger partial charge in [-0.2, -0.15) is 0 Å². The minimum absolute atomic E-state index is 0.142. The number of carbonyl (C=O) groups is 1. The highest BCUT2D eigenvalue weighted by Crippen LogP contribution is 2.34. The molecule has 0 radical (unpaired) electrons. The van der Waals surface area contributed by atoms with Crippen LogP contribution < -0.4 is 10.5 Å². The van der Waals surface area contributed by atoms with Crippen molar-refractivity contribution in [3.63, 3.8) is 0 Å². The molecule has 9 heteroatoms. The minimum Gasteiger partial charge on any atom is -0.353 e. The number of anilines is 1. The molecule has 0 atom stereocenters. The summed E-state index contributed by atoms with van der Waals surface area (Å²) in [5.41, 5.74) is 3.07. The van der Waals surface area contributed by atoms with E-state index in [0.717, 1.165) is 44.6 Å². The molecule has 0 saturated carbocycles. The van der Waals surface area contributed by atoms with E-state index < -0.39 is 0 Å². The maximum Gasteiger partial charge on any atom is 0.267 e. The molecule has 5 rings (SSSR count). The molecule has 4 heterocycles. The molecule has 0 unspecified atom stereocenters. The number of piperazine rings is 1. The van der Waals surface area contributed by atoms with Crippen molar-refractivity contribution >= 4 is 51.7 Å². The van der Waals surface area contributed by atoms with Crippen molar-refractivity contribution in [1.82, 2.24) is 19.2 Å². The minimum atomic E-state index is -0.174. The van der Waals surface area contributed by atoms with Crippen molar-refractivity contribution in [2.75, 3.05) is 44.7 Å². The second-order valence-corrected chi connectivity index (χ2v) is 10.9. The van der Waals surface area contributed by atoms with E-state index >= 15 is 0 Å². The van der Waals surface area contributed by atoms with Gasteiger partial charge in [0.2, 0.25) is 0 Å². The molecular formula is C27H29N5O2S2. The van der Waals surface area contributed by atoms with Crippen LogP contribution in [0.4, 0.5) is 5.82 Å². The molecule has 2 saturated heterocycles. The Bertz CT molecular complexity index is 1390. The van der Waals surface area contributed by atoms with E-state index in [9.17, 15) is 9.59 Å². The third kappa shape index (κ3) is 4.96. The molecule has 0 spiro atoms. The van der Waals surface area contributed by atoms with Crippen LogP contribution >= 0.6 is 24.0 Å². The Labute approximate surface area is 220 Å². The van der Waals surface area contributed by atoms with Crippen molar-refractivity contribution in [2.24, 2.45) is 0 Å². The fourth-order valence-electron chi connectivity index (χ4n) is 4.60. The molecule has 0 bridgehead atoms. The number of pyridine rings is 1. The van der Waals surface area contributed by atoms with Gasteiger partial charge in [0.25, 0.3) is 11.5 Å². The summed E-state index contributed by atoms with van der Waals surface area (Å²) in [5.74, 6) is 0.493. The maximum absolute atomic E-state index is 13.7. The van der Waals surface area contributed by atoms with Crippen LogP contribution in [0.25, 0.3) is 11.7 Å². The highest BCUT2D eigenvalue weighted by atomic mass is 32.2. The lowest BCUT2D eigenvalue weighted by Gasteiger charge is -2.34. The molecule has 1 aromatic carbocycles. The van der Waals surface area contributed by atoms with E-state index in [1.54, 1.807) is 21.6 Å². The number of aryl methyl sites for hydroxylation is 2. The third-order valence-corrected chi connectivity index (χ3v) is 8.08. The van der Waals surface area contributed by atoms with Crippen molar-refractivity contribution in [3.05, 3.63) is 80.6 Å². The molecule has 2 fully saturated rings. The van der Waals surface area contributed by atoms with E-state index in [-0.39, 0.29) is 11.5 Å². The van der Waals surface area contributed by atoms with Crippen LogP contribution in [0.1, 0.15) is 23.1 Å². The van der Waals surface area contributed by atoms with E-state index in [1.165, 1.54) is 17.3 Å². The summed E-state index contributed by atoms with van der Waals surface area (Å²) in [5, 5.41) is 0. The summed E-state index contributed by atoms with van der Waals surface area (Å²) in [4.78, 5) is 38.5. The van der Waals surface area contributed by atoms with Crippen molar-refractivity contribution in [3.8, 4) is 0 Å². The number of aromatic nitrogens is 2. The fraction of sp³-hybridized carbons (Fsp3) is 0.333. The Morgan fingerprint density at radius 3 is 2.56 bits per heavy atom. The first kappa shape index (κ1) is 24.7. The Hall–Kier alpha value is -3.01. The first-order valence-electron chi connectivity index (χ1n) is 12.2. The summed E-state index contributed by atoms with van der Waals surface area (Å²) in [6.07, 6.45) is 5.13. The number of carbonyl (C=O) groups excluding carboxylic acids is 1. The number of benzene rings is 1. The van der Waals surface area contributed by atoms with Crippen LogP contribution in [0.2, 0.25) is 0 Å². The zero-order valence-electron chi connectivity index (χ0n) is 20.5. The molecule has 1 amide bonds. The summed E-state index contributed by atoms with van der Waals surface area (Å²) in [6, 6.07) is 14.0. The van der Waals surface area contributed by atoms with E-state index in [1.807, 2.05) is 37.3 Å². The number of rotatable bonds is 6. The number of hydrogen-bond acceptors (Lipinski definition) is 7. The van der Waals surface area contributed by atoms with Gasteiger partial charge in [0, 0.05) is 38.9 Å². The van der Waals surface area contributed by atoms with Crippen LogP contribution in [0.15, 0.2) is 58.4 Å². The molecule has 2 aromatic heterocycles. The van der Waals surface area contributed by atoms with Crippen molar-refractivity contribution in [1.29, 1.82) is 0 Å². The monoisotopic (exact) mass is 519 g/mol. The van der Waals surface area contributed by atoms with Gasteiger partial charge in [-0.3, -0.25) is 18.9 Å². The SMILES string of the molecule is Cc1cccn2c(=O)c(C=C3SC(=S)N(CCCc4ccccc4)C3=O)c(N3CCN(C)CC3)nc12. The second-order valence-electron chi connectivity index (χ2n) is 9.25. The highest BCUT2D eigenvalue weighted by Gasteiger charge is 2.33. The fourth-order valence-corrected chi connectivity index (χ4v) is 5.89. The Balaban J connectivity index is 1.46. The standard InChI is InChI=1S/C27H29N5O2S2/c1-19-8-6-12-31-23(19)28-24(30-16-14-29(2)15-17-30)21(25(31)33)18-22-26(34)32(27(35)36-22)13-7-11-20-9-4-3-5-10-20/h3-6,8-10,12,18H,7,11,13-17H2,1-2H3. The summed E-state index contributed by atoms with van der Waals surface area (Å²) in [6.45, 7) is 5.82. The van der Waals surface area contributed by atoms with E-state index in [4.69, 9.17) is 17.2 Å². The lowest BCUT2D eigenvalue weighted by molar-refractivity contribution is -0.122. The van der Waals surface area contributed by atoms with Gasteiger partial charge in [-0.25, -0.2) is 4.98 Å². The Morgan fingerprint density at radius 2 is 1.81 bits per heavy atom. The number of thiocarbonyl (C=S) groups is 1. The molecular weight excluding hydrogens is 490 g/mol. The van der Waals surface area contributed by atoms with Gasteiger partial charge in [0.1, 0.15) is 15.8 Å². The first-order valence-corrected chi connectivity index (χ1v) is 13.4. The molecule has 2 aliphatic rings. The van der Waals surface area contributed by atoms with Crippen LogP contribution in [-0.2, 0) is 11.2 Å². The van der Waals surface area contributed by atoms with Gasteiger partial charge < -0.3 is 9.80 Å². The van der Waals surface area contributed by atoms with Gasteiger partial charge in [-0.05, 0) is 50.1 Å². The number of amides is 1. The highest BCUT2D eigenvalue weighted by molar-refractivity contribution is 8.26. The van der Waals surface area contributed by atoms with Crippen LogP contribution in [0.3, 0.4) is 0 Å². The van der Waals surface area contributed by atoms with Gasteiger partial charge in [0.05, 0.1) is 10.5 Å². The van der Waals surface area contributed by atoms with Gasteiger partial charge in [-0.15, -0.1) is 0 Å². The van der Waals surface area contributed by atoms with Crippen molar-refractivity contribution < 1.29 is 4.79 Å². The number of likely N-dealkylation sites (N-methyl/N-ethyl adjacent to an activating group) is 1. The summed E-state index contributed by atoms with van der Waals surface area (Å²) in [7, 11) is 2.09. The molecule has 7 nitrogen and oxygen atoms in total. The number of fused-ring (bicyclic) bond motifs is 1. The smallest absolute Gasteiger partial charge is 0.267 e. The zero-order chi connectivity index (χ0) is 25.2. The van der Waals surface area contributed by atoms with Crippen LogP contribution in [0, 0.1) is 6.92 Å². The van der Waals surface area contributed by atoms with Crippen LogP contribution in [0.5, 0.6) is 0 Å². The summed E-state index contributed by atoms with van der Waals surface area (Å²) >= 11 is 6.81. The number of thioether (sulfide) groups is 1. The average molecular weight is 520 g/mol. The Morgan fingerprint density at radius 1 is 1.06 bits per heavy atom. The number of hydrogen-bond donors (Lipinski definition) is 0. The topological polar surface area (TPSA) is 61.2 Å². The quantitative estimate of drug-likeness (QED) is 0.364. The molecule has 2 aliphatic heterocycles. The van der Waals surface area contributed by atoms with Gasteiger partial charge in [0.15, 0.2) is 0 Å².